The minimum absolute atomic E-state index is 0.135. The second-order valence-corrected chi connectivity index (χ2v) is 7.89. The van der Waals surface area contributed by atoms with Crippen molar-refractivity contribution in [3.63, 3.8) is 0 Å². The summed E-state index contributed by atoms with van der Waals surface area (Å²) in [6, 6.07) is 13.9. The minimum Gasteiger partial charge on any atom is -0.311 e. The van der Waals surface area contributed by atoms with E-state index in [4.69, 9.17) is 0 Å². The van der Waals surface area contributed by atoms with E-state index in [0.717, 1.165) is 22.1 Å². The monoisotopic (exact) mass is 394 g/mol. The average molecular weight is 395 g/mol. The number of halogens is 1. The van der Waals surface area contributed by atoms with Crippen LogP contribution < -0.4 is 9.62 Å². The van der Waals surface area contributed by atoms with Gasteiger partial charge in [-0.25, -0.2) is 13.1 Å². The SMILES string of the molecule is O=C(CNS(=O)(=O)c1ccc(Br)cc1)N1CCc2ccccc21. The van der Waals surface area contributed by atoms with Crippen molar-refractivity contribution in [2.24, 2.45) is 0 Å². The third kappa shape index (κ3) is 3.46. The first kappa shape index (κ1) is 16.2. The smallest absolute Gasteiger partial charge is 0.242 e. The summed E-state index contributed by atoms with van der Waals surface area (Å²) < 4.78 is 27.6. The molecule has 0 saturated heterocycles. The Morgan fingerprint density at radius 3 is 2.57 bits per heavy atom. The van der Waals surface area contributed by atoms with Crippen LogP contribution in [0.1, 0.15) is 5.56 Å². The molecule has 0 unspecified atom stereocenters. The molecule has 5 nitrogen and oxygen atoms in total. The van der Waals surface area contributed by atoms with Crippen molar-refractivity contribution < 1.29 is 13.2 Å². The Labute approximate surface area is 143 Å². The number of fused-ring (bicyclic) bond motifs is 1. The zero-order chi connectivity index (χ0) is 16.4. The lowest BCUT2D eigenvalue weighted by Crippen LogP contribution is -2.39. The predicted octanol–water partition coefficient (Wildman–Crippen LogP) is 2.32. The molecule has 0 saturated carbocycles. The first-order valence-corrected chi connectivity index (χ1v) is 9.38. The number of nitrogens with zero attached hydrogens (tertiary/aromatic N) is 1. The first-order valence-electron chi connectivity index (χ1n) is 7.11. The van der Waals surface area contributed by atoms with Gasteiger partial charge >= 0.3 is 0 Å². The Morgan fingerprint density at radius 2 is 1.83 bits per heavy atom. The van der Waals surface area contributed by atoms with Crippen LogP contribution in [0.15, 0.2) is 57.9 Å². The number of rotatable bonds is 4. The van der Waals surface area contributed by atoms with Crippen molar-refractivity contribution in [2.75, 3.05) is 18.0 Å². The maximum absolute atomic E-state index is 12.3. The number of anilines is 1. The Balaban J connectivity index is 1.69. The lowest BCUT2D eigenvalue weighted by Gasteiger charge is -2.17. The summed E-state index contributed by atoms with van der Waals surface area (Å²) >= 11 is 3.26. The molecule has 0 spiro atoms. The summed E-state index contributed by atoms with van der Waals surface area (Å²) in [5, 5.41) is 0. The van der Waals surface area contributed by atoms with Crippen molar-refractivity contribution in [3.05, 3.63) is 58.6 Å². The molecule has 2 aromatic rings. The fourth-order valence-electron chi connectivity index (χ4n) is 2.55. The van der Waals surface area contributed by atoms with Gasteiger partial charge in [0.15, 0.2) is 0 Å². The molecule has 120 valence electrons. The minimum atomic E-state index is -3.70. The number of benzene rings is 2. The summed E-state index contributed by atoms with van der Waals surface area (Å²) in [5.74, 6) is -0.254. The number of hydrogen-bond donors (Lipinski definition) is 1. The molecule has 23 heavy (non-hydrogen) atoms. The Kier molecular flexibility index (Phi) is 4.52. The van der Waals surface area contributed by atoms with E-state index in [2.05, 4.69) is 20.7 Å². The summed E-state index contributed by atoms with van der Waals surface area (Å²) in [7, 11) is -3.70. The highest BCUT2D eigenvalue weighted by molar-refractivity contribution is 9.10. The van der Waals surface area contributed by atoms with Gasteiger partial charge in [0.2, 0.25) is 15.9 Å². The van der Waals surface area contributed by atoms with Crippen molar-refractivity contribution >= 4 is 37.5 Å². The van der Waals surface area contributed by atoms with Gasteiger partial charge in [-0.1, -0.05) is 34.1 Å². The topological polar surface area (TPSA) is 66.5 Å². The fraction of sp³-hybridized carbons (Fsp3) is 0.188. The number of sulfonamides is 1. The number of amides is 1. The quantitative estimate of drug-likeness (QED) is 0.864. The van der Waals surface area contributed by atoms with Gasteiger partial charge < -0.3 is 4.90 Å². The van der Waals surface area contributed by atoms with Crippen molar-refractivity contribution in [2.45, 2.75) is 11.3 Å². The van der Waals surface area contributed by atoms with Crippen LogP contribution in [0, 0.1) is 0 Å². The molecule has 0 aromatic heterocycles. The number of para-hydroxylation sites is 1. The van der Waals surface area contributed by atoms with Crippen LogP contribution in [0.2, 0.25) is 0 Å². The van der Waals surface area contributed by atoms with E-state index in [1.807, 2.05) is 24.3 Å². The number of hydrogen-bond acceptors (Lipinski definition) is 3. The van der Waals surface area contributed by atoms with Crippen molar-refractivity contribution in [1.82, 2.24) is 4.72 Å². The molecule has 1 aliphatic heterocycles. The van der Waals surface area contributed by atoms with Crippen molar-refractivity contribution in [3.8, 4) is 0 Å². The molecular weight excluding hydrogens is 380 g/mol. The van der Waals surface area contributed by atoms with E-state index in [1.165, 1.54) is 12.1 Å². The Hall–Kier alpha value is -1.70. The standard InChI is InChI=1S/C16H15BrN2O3S/c17-13-5-7-14(8-6-13)23(21,22)18-11-16(20)19-10-9-12-3-1-2-4-15(12)19/h1-8,18H,9-11H2. The molecule has 1 N–H and O–H groups in total. The fourth-order valence-corrected chi connectivity index (χ4v) is 3.79. The average Bonchev–Trinajstić information content (AvgIpc) is 2.97. The maximum Gasteiger partial charge on any atom is 0.242 e. The Bertz CT molecular complexity index is 835. The zero-order valence-corrected chi connectivity index (χ0v) is 14.6. The molecule has 0 atom stereocenters. The van der Waals surface area contributed by atoms with Crippen LogP contribution in [0.3, 0.4) is 0 Å². The third-order valence-electron chi connectivity index (χ3n) is 3.73. The van der Waals surface area contributed by atoms with Gasteiger partial charge in [-0.3, -0.25) is 4.79 Å². The number of carbonyl (C=O) groups excluding carboxylic acids is 1. The van der Waals surface area contributed by atoms with Crippen LogP contribution >= 0.6 is 15.9 Å². The second-order valence-electron chi connectivity index (χ2n) is 5.20. The highest BCUT2D eigenvalue weighted by Gasteiger charge is 2.25. The largest absolute Gasteiger partial charge is 0.311 e. The molecule has 0 radical (unpaired) electrons. The van der Waals surface area contributed by atoms with Gasteiger partial charge in [-0.05, 0) is 42.3 Å². The Morgan fingerprint density at radius 1 is 1.13 bits per heavy atom. The normalized spacial score (nSPS) is 13.9. The van der Waals surface area contributed by atoms with E-state index in [9.17, 15) is 13.2 Å². The van der Waals surface area contributed by atoms with Crippen LogP contribution in [-0.4, -0.2) is 27.4 Å². The summed E-state index contributed by atoms with van der Waals surface area (Å²) in [5.41, 5.74) is 1.97. The molecule has 1 aliphatic rings. The molecule has 3 rings (SSSR count). The molecule has 1 amide bonds. The van der Waals surface area contributed by atoms with Crippen molar-refractivity contribution in [1.29, 1.82) is 0 Å². The van der Waals surface area contributed by atoms with E-state index < -0.39 is 10.0 Å². The molecule has 7 heteroatoms. The molecule has 0 aliphatic carbocycles. The molecule has 1 heterocycles. The van der Waals surface area contributed by atoms with E-state index in [1.54, 1.807) is 17.0 Å². The van der Waals surface area contributed by atoms with Gasteiger partial charge in [0.05, 0.1) is 11.4 Å². The molecule has 2 aromatic carbocycles. The van der Waals surface area contributed by atoms with Gasteiger partial charge in [0.1, 0.15) is 0 Å². The van der Waals surface area contributed by atoms with E-state index in [0.29, 0.717) is 6.54 Å². The maximum atomic E-state index is 12.3. The molecule has 0 fully saturated rings. The number of carbonyl (C=O) groups is 1. The van der Waals surface area contributed by atoms with Gasteiger partial charge in [-0.2, -0.15) is 0 Å². The summed E-state index contributed by atoms with van der Waals surface area (Å²) in [6.45, 7) is 0.324. The van der Waals surface area contributed by atoms with Gasteiger partial charge in [0.25, 0.3) is 0 Å². The van der Waals surface area contributed by atoms with Crippen LogP contribution in [0.25, 0.3) is 0 Å². The van der Waals surface area contributed by atoms with Gasteiger partial charge in [-0.15, -0.1) is 0 Å². The lowest BCUT2D eigenvalue weighted by atomic mass is 10.2. The lowest BCUT2D eigenvalue weighted by molar-refractivity contribution is -0.117. The molecule has 0 bridgehead atoms. The van der Waals surface area contributed by atoms with Crippen LogP contribution in [-0.2, 0) is 21.2 Å². The summed E-state index contributed by atoms with van der Waals surface area (Å²) in [4.78, 5) is 14.1. The predicted molar refractivity (Wildman–Crippen MR) is 91.8 cm³/mol. The second kappa shape index (κ2) is 6.43. The highest BCUT2D eigenvalue weighted by atomic mass is 79.9. The molecular formula is C16H15BrN2O3S. The zero-order valence-electron chi connectivity index (χ0n) is 12.2. The van der Waals surface area contributed by atoms with Gasteiger partial charge in [0, 0.05) is 16.7 Å². The first-order chi connectivity index (χ1) is 11.0. The van der Waals surface area contributed by atoms with Crippen LogP contribution in [0.5, 0.6) is 0 Å². The summed E-state index contributed by atoms with van der Waals surface area (Å²) in [6.07, 6.45) is 0.793. The van der Waals surface area contributed by atoms with Crippen LogP contribution in [0.4, 0.5) is 5.69 Å². The number of nitrogens with one attached hydrogen (secondary N) is 1. The van der Waals surface area contributed by atoms with E-state index >= 15 is 0 Å². The highest BCUT2D eigenvalue weighted by Crippen LogP contribution is 2.27. The third-order valence-corrected chi connectivity index (χ3v) is 5.67. The van der Waals surface area contributed by atoms with E-state index in [-0.39, 0.29) is 17.3 Å².